The van der Waals surface area contributed by atoms with E-state index >= 15 is 0 Å². The SMILES string of the molecule is CC12CC(=O)C(=O)CC1CCC1C2C(O)CC2(C)C1CCC2(O)C(=O)CO. The summed E-state index contributed by atoms with van der Waals surface area (Å²) in [7, 11) is 0. The van der Waals surface area contributed by atoms with Crippen LogP contribution in [0, 0.1) is 34.5 Å². The van der Waals surface area contributed by atoms with Gasteiger partial charge in [-0.25, -0.2) is 0 Å². The van der Waals surface area contributed by atoms with Crippen molar-refractivity contribution in [1.82, 2.24) is 0 Å². The van der Waals surface area contributed by atoms with Gasteiger partial charge >= 0.3 is 0 Å². The van der Waals surface area contributed by atoms with Crippen molar-refractivity contribution in [2.75, 3.05) is 6.61 Å². The molecule has 0 aromatic rings. The van der Waals surface area contributed by atoms with Crippen molar-refractivity contribution in [2.45, 2.75) is 70.5 Å². The number of aliphatic hydroxyl groups is 3. The Morgan fingerprint density at radius 2 is 1.85 bits per heavy atom. The number of rotatable bonds is 2. The van der Waals surface area contributed by atoms with E-state index in [2.05, 4.69) is 0 Å². The van der Waals surface area contributed by atoms with Gasteiger partial charge < -0.3 is 15.3 Å². The molecule has 0 saturated heterocycles. The Kier molecular flexibility index (Phi) is 4.23. The van der Waals surface area contributed by atoms with Gasteiger partial charge in [0.15, 0.2) is 17.3 Å². The Balaban J connectivity index is 1.71. The van der Waals surface area contributed by atoms with Crippen LogP contribution in [0.4, 0.5) is 0 Å². The van der Waals surface area contributed by atoms with Crippen molar-refractivity contribution < 1.29 is 29.7 Å². The zero-order chi connectivity index (χ0) is 19.8. The molecule has 6 nitrogen and oxygen atoms in total. The van der Waals surface area contributed by atoms with Gasteiger partial charge in [0.05, 0.1) is 6.10 Å². The summed E-state index contributed by atoms with van der Waals surface area (Å²) in [5.74, 6) is -0.974. The number of ketones is 3. The summed E-state index contributed by atoms with van der Waals surface area (Å²) in [5.41, 5.74) is -2.78. The first-order chi connectivity index (χ1) is 12.6. The molecule has 4 aliphatic rings. The summed E-state index contributed by atoms with van der Waals surface area (Å²) in [5, 5.41) is 31.7. The Bertz CT molecular complexity index is 703. The maximum Gasteiger partial charge on any atom is 0.198 e. The van der Waals surface area contributed by atoms with Crippen molar-refractivity contribution in [3.63, 3.8) is 0 Å². The van der Waals surface area contributed by atoms with E-state index in [0.29, 0.717) is 12.8 Å². The average Bonchev–Trinajstić information content (AvgIpc) is 2.87. The number of aliphatic hydroxyl groups excluding tert-OH is 2. The molecular weight excluding hydrogens is 348 g/mol. The molecule has 0 bridgehead atoms. The van der Waals surface area contributed by atoms with E-state index in [9.17, 15) is 29.7 Å². The second-order valence-electron chi connectivity index (χ2n) is 9.97. The second kappa shape index (κ2) is 5.94. The topological polar surface area (TPSA) is 112 Å². The lowest BCUT2D eigenvalue weighted by atomic mass is 9.43. The Morgan fingerprint density at radius 1 is 1.15 bits per heavy atom. The molecule has 0 aromatic heterocycles. The molecule has 8 atom stereocenters. The molecule has 4 saturated carbocycles. The van der Waals surface area contributed by atoms with E-state index in [4.69, 9.17) is 0 Å². The summed E-state index contributed by atoms with van der Waals surface area (Å²) >= 11 is 0. The summed E-state index contributed by atoms with van der Waals surface area (Å²) in [6.07, 6.45) is 2.68. The lowest BCUT2D eigenvalue weighted by Gasteiger charge is -2.62. The third kappa shape index (κ3) is 2.33. The smallest absolute Gasteiger partial charge is 0.198 e. The fraction of sp³-hybridized carbons (Fsp3) is 0.857. The van der Waals surface area contributed by atoms with Crippen LogP contribution in [0.25, 0.3) is 0 Å². The number of fused-ring (bicyclic) bond motifs is 5. The van der Waals surface area contributed by atoms with Crippen LogP contribution >= 0.6 is 0 Å². The normalized spacial score (nSPS) is 52.1. The first-order valence-corrected chi connectivity index (χ1v) is 10.2. The molecule has 8 unspecified atom stereocenters. The molecule has 6 heteroatoms. The van der Waals surface area contributed by atoms with Gasteiger partial charge in [0.2, 0.25) is 0 Å². The van der Waals surface area contributed by atoms with Crippen LogP contribution in [0.5, 0.6) is 0 Å². The van der Waals surface area contributed by atoms with Gasteiger partial charge in [0.25, 0.3) is 0 Å². The lowest BCUT2D eigenvalue weighted by molar-refractivity contribution is -0.198. The van der Waals surface area contributed by atoms with Gasteiger partial charge in [-0.3, -0.25) is 14.4 Å². The highest BCUT2D eigenvalue weighted by atomic mass is 16.3. The van der Waals surface area contributed by atoms with Gasteiger partial charge in [-0.2, -0.15) is 0 Å². The van der Waals surface area contributed by atoms with Gasteiger partial charge in [-0.05, 0) is 61.2 Å². The Hall–Kier alpha value is -1.11. The zero-order valence-corrected chi connectivity index (χ0v) is 16.1. The molecular formula is C21H30O6. The molecule has 0 aliphatic heterocycles. The van der Waals surface area contributed by atoms with Gasteiger partial charge in [0, 0.05) is 18.3 Å². The predicted octanol–water partition coefficient (Wildman–Crippen LogP) is 1.04. The van der Waals surface area contributed by atoms with Gasteiger partial charge in [-0.1, -0.05) is 13.8 Å². The number of carbonyl (C=O) groups is 3. The molecule has 0 aromatic carbocycles. The van der Waals surface area contributed by atoms with Crippen LogP contribution in [0.15, 0.2) is 0 Å². The van der Waals surface area contributed by atoms with E-state index in [1.165, 1.54) is 0 Å². The van der Waals surface area contributed by atoms with Crippen molar-refractivity contribution in [2.24, 2.45) is 34.5 Å². The fourth-order valence-corrected chi connectivity index (χ4v) is 7.65. The molecule has 0 radical (unpaired) electrons. The van der Waals surface area contributed by atoms with Crippen LogP contribution in [-0.4, -0.2) is 51.0 Å². The maximum absolute atomic E-state index is 12.4. The first-order valence-electron chi connectivity index (χ1n) is 10.2. The van der Waals surface area contributed by atoms with Crippen molar-refractivity contribution in [3.8, 4) is 0 Å². The largest absolute Gasteiger partial charge is 0.393 e. The zero-order valence-electron chi connectivity index (χ0n) is 16.1. The summed E-state index contributed by atoms with van der Waals surface area (Å²) < 4.78 is 0. The molecule has 27 heavy (non-hydrogen) atoms. The highest BCUT2D eigenvalue weighted by molar-refractivity contribution is 6.38. The molecule has 4 fully saturated rings. The van der Waals surface area contributed by atoms with Crippen molar-refractivity contribution in [1.29, 1.82) is 0 Å². The Labute approximate surface area is 159 Å². The molecule has 3 N–H and O–H groups in total. The third-order valence-corrected chi connectivity index (χ3v) is 9.04. The minimum absolute atomic E-state index is 0.0666. The number of hydrogen-bond donors (Lipinski definition) is 3. The van der Waals surface area contributed by atoms with Crippen LogP contribution < -0.4 is 0 Å². The van der Waals surface area contributed by atoms with Gasteiger partial charge in [-0.15, -0.1) is 0 Å². The average molecular weight is 378 g/mol. The maximum atomic E-state index is 12.4. The van der Waals surface area contributed by atoms with E-state index < -0.39 is 34.9 Å². The van der Waals surface area contributed by atoms with E-state index in [1.807, 2.05) is 13.8 Å². The third-order valence-electron chi connectivity index (χ3n) is 9.04. The number of Topliss-reactive ketones (excluding diaryl/α,β-unsaturated/α-hetero) is 3. The minimum atomic E-state index is -1.60. The highest BCUT2D eigenvalue weighted by Gasteiger charge is 2.69. The summed E-state index contributed by atoms with van der Waals surface area (Å²) in [6.45, 7) is 3.23. The van der Waals surface area contributed by atoms with Crippen LogP contribution in [0.2, 0.25) is 0 Å². The molecule has 150 valence electrons. The summed E-state index contributed by atoms with van der Waals surface area (Å²) in [4.78, 5) is 36.5. The van der Waals surface area contributed by atoms with Gasteiger partial charge in [0.1, 0.15) is 12.2 Å². The first kappa shape index (κ1) is 19.2. The molecule has 4 aliphatic carbocycles. The van der Waals surface area contributed by atoms with Crippen LogP contribution in [-0.2, 0) is 14.4 Å². The lowest BCUT2D eigenvalue weighted by Crippen LogP contribution is -2.63. The summed E-state index contributed by atoms with van der Waals surface area (Å²) in [6, 6.07) is 0. The monoisotopic (exact) mass is 378 g/mol. The highest BCUT2D eigenvalue weighted by Crippen LogP contribution is 2.67. The fourth-order valence-electron chi connectivity index (χ4n) is 7.65. The van der Waals surface area contributed by atoms with Crippen LogP contribution in [0.1, 0.15) is 58.8 Å². The standard InChI is InChI=1S/C21H30O6/c1-19-8-15(24)14(23)7-11(19)3-4-12-13-5-6-21(27,17(26)10-22)20(13,2)9-16(25)18(12)19/h11-13,16,18,22,25,27H,3-10H2,1-2H3. The van der Waals surface area contributed by atoms with Crippen molar-refractivity contribution >= 4 is 17.3 Å². The molecule has 0 amide bonds. The molecule has 0 heterocycles. The van der Waals surface area contributed by atoms with E-state index in [-0.39, 0.29) is 54.5 Å². The quantitative estimate of drug-likeness (QED) is 0.619. The Morgan fingerprint density at radius 3 is 2.52 bits per heavy atom. The minimum Gasteiger partial charge on any atom is -0.393 e. The predicted molar refractivity (Wildman–Crippen MR) is 95.6 cm³/mol. The number of carbonyl (C=O) groups excluding carboxylic acids is 3. The molecule has 0 spiro atoms. The van der Waals surface area contributed by atoms with E-state index in [1.54, 1.807) is 0 Å². The number of hydrogen-bond acceptors (Lipinski definition) is 6. The molecule has 4 rings (SSSR count). The van der Waals surface area contributed by atoms with E-state index in [0.717, 1.165) is 12.8 Å². The van der Waals surface area contributed by atoms with Crippen LogP contribution in [0.3, 0.4) is 0 Å². The second-order valence-corrected chi connectivity index (χ2v) is 9.97. The van der Waals surface area contributed by atoms with Crippen molar-refractivity contribution in [3.05, 3.63) is 0 Å².